The third-order valence-electron chi connectivity index (χ3n) is 1.91. The molecule has 0 aliphatic rings. The van der Waals surface area contributed by atoms with Gasteiger partial charge in [-0.3, -0.25) is 0 Å². The second kappa shape index (κ2) is 5.76. The van der Waals surface area contributed by atoms with Gasteiger partial charge in [-0.25, -0.2) is 0 Å². The highest BCUT2D eigenvalue weighted by atomic mass is 79.9. The number of rotatable bonds is 4. The van der Waals surface area contributed by atoms with Crippen molar-refractivity contribution in [2.45, 2.75) is 12.3 Å². The molecule has 0 nitrogen and oxygen atoms in total. The molecule has 1 aromatic carbocycles. The van der Waals surface area contributed by atoms with Crippen LogP contribution in [0.4, 0.5) is 0 Å². The van der Waals surface area contributed by atoms with Crippen LogP contribution in [0.1, 0.15) is 17.9 Å². The maximum absolute atomic E-state index is 3.53. The summed E-state index contributed by atoms with van der Waals surface area (Å²) in [6.07, 6.45) is 1.19. The van der Waals surface area contributed by atoms with Gasteiger partial charge in [0.25, 0.3) is 0 Å². The molecule has 0 amide bonds. The van der Waals surface area contributed by atoms with Crippen molar-refractivity contribution in [1.29, 1.82) is 0 Å². The first-order valence-corrected chi connectivity index (χ1v) is 6.29. The Bertz CT molecular complexity index is 208. The molecule has 0 aromatic heterocycles. The van der Waals surface area contributed by atoms with E-state index in [0.717, 1.165) is 10.7 Å². The number of hydrogen-bond acceptors (Lipinski definition) is 0. The number of alkyl halides is 2. The van der Waals surface area contributed by atoms with Gasteiger partial charge in [0.1, 0.15) is 0 Å². The standard InChI is InChI=1S/C10H12Br2/c11-7-6-10(8-12)9-4-2-1-3-5-9/h1-5,10H,6-8H2/t10-/m0/s1. The highest BCUT2D eigenvalue weighted by molar-refractivity contribution is 9.09. The average molecular weight is 292 g/mol. The Hall–Kier alpha value is 0.180. The van der Waals surface area contributed by atoms with E-state index >= 15 is 0 Å². The first-order valence-electron chi connectivity index (χ1n) is 4.05. The van der Waals surface area contributed by atoms with Gasteiger partial charge >= 0.3 is 0 Å². The molecule has 2 heteroatoms. The topological polar surface area (TPSA) is 0 Å². The normalized spacial score (nSPS) is 12.8. The SMILES string of the molecule is BrCC[C@@H](CBr)c1ccccc1. The molecule has 0 saturated heterocycles. The van der Waals surface area contributed by atoms with Gasteiger partial charge in [0.05, 0.1) is 0 Å². The van der Waals surface area contributed by atoms with Crippen molar-refractivity contribution in [3.8, 4) is 0 Å². The van der Waals surface area contributed by atoms with Crippen molar-refractivity contribution in [3.63, 3.8) is 0 Å². The Morgan fingerprint density at radius 2 is 1.75 bits per heavy atom. The third kappa shape index (κ3) is 2.91. The van der Waals surface area contributed by atoms with E-state index in [1.807, 2.05) is 0 Å². The summed E-state index contributed by atoms with van der Waals surface area (Å²) < 4.78 is 0. The lowest BCUT2D eigenvalue weighted by Gasteiger charge is -2.11. The van der Waals surface area contributed by atoms with Crippen LogP contribution in [0.3, 0.4) is 0 Å². The molecular weight excluding hydrogens is 280 g/mol. The van der Waals surface area contributed by atoms with E-state index in [1.165, 1.54) is 12.0 Å². The molecule has 66 valence electrons. The smallest absolute Gasteiger partial charge is 0.0100 e. The van der Waals surface area contributed by atoms with Crippen molar-refractivity contribution in [3.05, 3.63) is 35.9 Å². The highest BCUT2D eigenvalue weighted by Gasteiger charge is 2.07. The number of hydrogen-bond donors (Lipinski definition) is 0. The van der Waals surface area contributed by atoms with E-state index in [4.69, 9.17) is 0 Å². The summed E-state index contributed by atoms with van der Waals surface area (Å²) in [4.78, 5) is 0. The van der Waals surface area contributed by atoms with Gasteiger partial charge in [0.2, 0.25) is 0 Å². The summed E-state index contributed by atoms with van der Waals surface area (Å²) in [6, 6.07) is 10.6. The Balaban J connectivity index is 2.66. The molecule has 0 aliphatic heterocycles. The zero-order valence-electron chi connectivity index (χ0n) is 6.84. The number of benzene rings is 1. The second-order valence-electron chi connectivity index (χ2n) is 2.74. The summed E-state index contributed by atoms with van der Waals surface area (Å²) in [6.45, 7) is 0. The van der Waals surface area contributed by atoms with E-state index in [0.29, 0.717) is 5.92 Å². The predicted molar refractivity (Wildman–Crippen MR) is 61.4 cm³/mol. The van der Waals surface area contributed by atoms with Crippen LogP contribution in [0.15, 0.2) is 30.3 Å². The zero-order chi connectivity index (χ0) is 8.81. The summed E-state index contributed by atoms with van der Waals surface area (Å²) in [5, 5.41) is 2.11. The molecule has 0 fully saturated rings. The van der Waals surface area contributed by atoms with Gasteiger partial charge in [-0.15, -0.1) is 0 Å². The Morgan fingerprint density at radius 3 is 2.25 bits per heavy atom. The van der Waals surface area contributed by atoms with E-state index in [9.17, 15) is 0 Å². The Kier molecular flexibility index (Phi) is 4.93. The fraction of sp³-hybridized carbons (Fsp3) is 0.400. The monoisotopic (exact) mass is 290 g/mol. The van der Waals surface area contributed by atoms with E-state index in [1.54, 1.807) is 0 Å². The summed E-state index contributed by atoms with van der Waals surface area (Å²) in [5.74, 6) is 0.644. The highest BCUT2D eigenvalue weighted by Crippen LogP contribution is 2.22. The molecule has 0 aliphatic carbocycles. The van der Waals surface area contributed by atoms with Crippen molar-refractivity contribution in [1.82, 2.24) is 0 Å². The zero-order valence-corrected chi connectivity index (χ0v) is 10.0. The van der Waals surface area contributed by atoms with E-state index in [-0.39, 0.29) is 0 Å². The minimum Gasteiger partial charge on any atom is -0.0928 e. The molecule has 0 heterocycles. The maximum Gasteiger partial charge on any atom is 0.0100 e. The van der Waals surface area contributed by atoms with Crippen molar-refractivity contribution < 1.29 is 0 Å². The van der Waals surface area contributed by atoms with Crippen LogP contribution in [0.5, 0.6) is 0 Å². The molecule has 1 atom stereocenters. The molecule has 0 saturated carbocycles. The lowest BCUT2D eigenvalue weighted by atomic mass is 9.99. The molecule has 12 heavy (non-hydrogen) atoms. The van der Waals surface area contributed by atoms with Crippen LogP contribution in [-0.4, -0.2) is 10.7 Å². The van der Waals surface area contributed by atoms with Gasteiger partial charge in [0, 0.05) is 10.7 Å². The quantitative estimate of drug-likeness (QED) is 0.737. The fourth-order valence-electron chi connectivity index (χ4n) is 1.19. The minimum atomic E-state index is 0.644. The summed E-state index contributed by atoms with van der Waals surface area (Å²) >= 11 is 7.00. The van der Waals surface area contributed by atoms with Gasteiger partial charge in [-0.05, 0) is 17.9 Å². The molecule has 1 rings (SSSR count). The predicted octanol–water partition coefficient (Wildman–Crippen LogP) is 3.95. The Labute approximate surface area is 90.6 Å². The lowest BCUT2D eigenvalue weighted by molar-refractivity contribution is 0.760. The fourth-order valence-corrected chi connectivity index (χ4v) is 2.44. The first kappa shape index (κ1) is 10.3. The van der Waals surface area contributed by atoms with Crippen LogP contribution in [0.25, 0.3) is 0 Å². The first-order chi connectivity index (χ1) is 5.88. The van der Waals surface area contributed by atoms with Crippen molar-refractivity contribution >= 4 is 31.9 Å². The second-order valence-corrected chi connectivity index (χ2v) is 4.18. The molecule has 0 spiro atoms. The van der Waals surface area contributed by atoms with Crippen molar-refractivity contribution in [2.75, 3.05) is 10.7 Å². The molecule has 0 bridgehead atoms. The van der Waals surface area contributed by atoms with Crippen LogP contribution in [0, 0.1) is 0 Å². The van der Waals surface area contributed by atoms with E-state index < -0.39 is 0 Å². The van der Waals surface area contributed by atoms with Gasteiger partial charge < -0.3 is 0 Å². The van der Waals surface area contributed by atoms with E-state index in [2.05, 4.69) is 62.2 Å². The van der Waals surface area contributed by atoms with Gasteiger partial charge in [-0.2, -0.15) is 0 Å². The molecule has 0 N–H and O–H groups in total. The van der Waals surface area contributed by atoms with Crippen LogP contribution in [0.2, 0.25) is 0 Å². The maximum atomic E-state index is 3.53. The third-order valence-corrected chi connectivity index (χ3v) is 3.15. The largest absolute Gasteiger partial charge is 0.0928 e. The summed E-state index contributed by atoms with van der Waals surface area (Å²) in [5.41, 5.74) is 1.42. The van der Waals surface area contributed by atoms with Crippen LogP contribution < -0.4 is 0 Å². The molecule has 0 radical (unpaired) electrons. The lowest BCUT2D eigenvalue weighted by Crippen LogP contribution is -2.00. The molecule has 1 aromatic rings. The number of halogens is 2. The van der Waals surface area contributed by atoms with Gasteiger partial charge in [-0.1, -0.05) is 62.2 Å². The molecule has 0 unspecified atom stereocenters. The minimum absolute atomic E-state index is 0.644. The van der Waals surface area contributed by atoms with Crippen molar-refractivity contribution in [2.24, 2.45) is 0 Å². The van der Waals surface area contributed by atoms with Gasteiger partial charge in [0.15, 0.2) is 0 Å². The Morgan fingerprint density at radius 1 is 1.08 bits per heavy atom. The van der Waals surface area contributed by atoms with Crippen LogP contribution in [-0.2, 0) is 0 Å². The average Bonchev–Trinajstić information content (AvgIpc) is 2.15. The molecular formula is C10H12Br2. The summed E-state index contributed by atoms with van der Waals surface area (Å²) in [7, 11) is 0. The van der Waals surface area contributed by atoms with Crippen LogP contribution >= 0.6 is 31.9 Å².